The minimum atomic E-state index is -0.450. The molecule has 0 aromatic heterocycles. The van der Waals surface area contributed by atoms with Gasteiger partial charge in [-0.25, -0.2) is 0 Å². The molecule has 0 saturated carbocycles. The van der Waals surface area contributed by atoms with E-state index in [9.17, 15) is 9.59 Å². The van der Waals surface area contributed by atoms with E-state index < -0.39 is 6.04 Å². The van der Waals surface area contributed by atoms with E-state index in [4.69, 9.17) is 10.5 Å². The van der Waals surface area contributed by atoms with Crippen molar-refractivity contribution in [3.63, 3.8) is 0 Å². The van der Waals surface area contributed by atoms with Crippen LogP contribution in [0.25, 0.3) is 0 Å². The van der Waals surface area contributed by atoms with E-state index in [2.05, 4.69) is 5.32 Å². The van der Waals surface area contributed by atoms with Crippen LogP contribution >= 0.6 is 0 Å². The van der Waals surface area contributed by atoms with E-state index in [-0.39, 0.29) is 24.4 Å². The summed E-state index contributed by atoms with van der Waals surface area (Å²) < 4.78 is 5.22. The highest BCUT2D eigenvalue weighted by molar-refractivity contribution is 5.94. The maximum absolute atomic E-state index is 12.5. The van der Waals surface area contributed by atoms with Crippen LogP contribution in [0, 0.1) is 0 Å². The quantitative estimate of drug-likeness (QED) is 0.759. The smallest absolute Gasteiger partial charge is 0.308 e. The summed E-state index contributed by atoms with van der Waals surface area (Å²) in [6.07, 6.45) is -0.113. The van der Waals surface area contributed by atoms with Gasteiger partial charge >= 0.3 is 5.97 Å². The lowest BCUT2D eigenvalue weighted by Gasteiger charge is -2.19. The van der Waals surface area contributed by atoms with Gasteiger partial charge in [-0.05, 0) is 37.1 Å². The number of benzene rings is 2. The van der Waals surface area contributed by atoms with Crippen molar-refractivity contribution in [3.05, 3.63) is 71.3 Å². The molecule has 0 aliphatic carbocycles. The first kappa shape index (κ1) is 18.7. The Kier molecular flexibility index (Phi) is 6.71. The number of esters is 1. The van der Waals surface area contributed by atoms with Crippen LogP contribution in [0.2, 0.25) is 0 Å². The molecule has 2 aromatic carbocycles. The fraction of sp³-hybridized carbons (Fsp3) is 0.300. The number of carbonyl (C=O) groups is 2. The summed E-state index contributed by atoms with van der Waals surface area (Å²) in [6.45, 7) is 4.02. The van der Waals surface area contributed by atoms with Gasteiger partial charge in [0, 0.05) is 12.1 Å². The molecule has 0 aliphatic heterocycles. The molecular weight excluding hydrogens is 316 g/mol. The first-order chi connectivity index (χ1) is 12.0. The molecule has 25 heavy (non-hydrogen) atoms. The Morgan fingerprint density at radius 3 is 2.24 bits per heavy atom. The molecule has 132 valence electrons. The predicted octanol–water partition coefficient (Wildman–Crippen LogP) is 2.96. The Morgan fingerprint density at radius 1 is 1.04 bits per heavy atom. The second kappa shape index (κ2) is 8.99. The first-order valence-corrected chi connectivity index (χ1v) is 8.34. The molecule has 3 N–H and O–H groups in total. The topological polar surface area (TPSA) is 81.4 Å². The number of ether oxygens (including phenoxy) is 1. The highest BCUT2D eigenvalue weighted by Crippen LogP contribution is 2.18. The van der Waals surface area contributed by atoms with Crippen molar-refractivity contribution in [2.75, 3.05) is 0 Å². The van der Waals surface area contributed by atoms with Crippen molar-refractivity contribution in [3.8, 4) is 0 Å². The van der Waals surface area contributed by atoms with Crippen LogP contribution in [0.5, 0.6) is 0 Å². The van der Waals surface area contributed by atoms with E-state index in [0.717, 1.165) is 11.1 Å². The molecule has 1 unspecified atom stereocenters. The molecule has 0 heterocycles. The van der Waals surface area contributed by atoms with Gasteiger partial charge in [-0.3, -0.25) is 9.59 Å². The van der Waals surface area contributed by atoms with Crippen LogP contribution in [0.1, 0.15) is 47.8 Å². The van der Waals surface area contributed by atoms with Gasteiger partial charge in [0.15, 0.2) is 0 Å². The minimum absolute atomic E-state index is 0.0782. The number of rotatable bonds is 7. The molecule has 0 fully saturated rings. The van der Waals surface area contributed by atoms with Gasteiger partial charge in [0.1, 0.15) is 0 Å². The summed E-state index contributed by atoms with van der Waals surface area (Å²) in [5.74, 6) is -0.586. The minimum Gasteiger partial charge on any atom is -0.463 e. The van der Waals surface area contributed by atoms with Crippen molar-refractivity contribution in [1.82, 2.24) is 5.32 Å². The van der Waals surface area contributed by atoms with Crippen LogP contribution in [0.3, 0.4) is 0 Å². The summed E-state index contributed by atoms with van der Waals surface area (Å²) in [7, 11) is 0. The third kappa shape index (κ3) is 5.72. The SMILES string of the molecule is CC(C)OC(=O)CC(NC(=O)c1ccc(CN)cc1)c1ccccc1. The second-order valence-corrected chi connectivity index (χ2v) is 6.08. The lowest BCUT2D eigenvalue weighted by Crippen LogP contribution is -2.31. The van der Waals surface area contributed by atoms with E-state index in [1.165, 1.54) is 0 Å². The largest absolute Gasteiger partial charge is 0.463 e. The maximum atomic E-state index is 12.5. The summed E-state index contributed by atoms with van der Waals surface area (Å²) in [6, 6.07) is 16.0. The second-order valence-electron chi connectivity index (χ2n) is 6.08. The molecule has 0 bridgehead atoms. The Bertz CT molecular complexity index is 697. The van der Waals surface area contributed by atoms with Gasteiger partial charge in [0.05, 0.1) is 18.6 Å². The van der Waals surface area contributed by atoms with Crippen LogP contribution in [0.4, 0.5) is 0 Å². The van der Waals surface area contributed by atoms with Crippen molar-refractivity contribution in [1.29, 1.82) is 0 Å². The maximum Gasteiger partial charge on any atom is 0.308 e. The molecule has 0 spiro atoms. The molecule has 2 rings (SSSR count). The van der Waals surface area contributed by atoms with Crippen molar-refractivity contribution >= 4 is 11.9 Å². The van der Waals surface area contributed by atoms with Gasteiger partial charge < -0.3 is 15.8 Å². The summed E-state index contributed by atoms with van der Waals surface area (Å²) in [5, 5.41) is 2.92. The third-order valence-corrected chi connectivity index (χ3v) is 3.70. The molecule has 0 saturated heterocycles. The molecule has 0 radical (unpaired) electrons. The average Bonchev–Trinajstić information content (AvgIpc) is 2.61. The molecule has 5 heteroatoms. The zero-order chi connectivity index (χ0) is 18.2. The lowest BCUT2D eigenvalue weighted by atomic mass is 10.0. The standard InChI is InChI=1S/C20H24N2O3/c1-14(2)25-19(23)12-18(16-6-4-3-5-7-16)22-20(24)17-10-8-15(13-21)9-11-17/h3-11,14,18H,12-13,21H2,1-2H3,(H,22,24). The first-order valence-electron chi connectivity index (χ1n) is 8.34. The van der Waals surface area contributed by atoms with Crippen LogP contribution < -0.4 is 11.1 Å². The lowest BCUT2D eigenvalue weighted by molar-refractivity contribution is -0.147. The number of hydrogen-bond donors (Lipinski definition) is 2. The molecule has 1 amide bonds. The summed E-state index contributed by atoms with van der Waals surface area (Å²) in [4.78, 5) is 24.6. The number of amides is 1. The molecule has 0 aliphatic rings. The van der Waals surface area contributed by atoms with E-state index >= 15 is 0 Å². The molecule has 2 aromatic rings. The number of nitrogens with two attached hydrogens (primary N) is 1. The van der Waals surface area contributed by atoms with Gasteiger partial charge in [-0.2, -0.15) is 0 Å². The third-order valence-electron chi connectivity index (χ3n) is 3.70. The van der Waals surface area contributed by atoms with Gasteiger partial charge in [0.2, 0.25) is 0 Å². The Labute approximate surface area is 148 Å². The zero-order valence-corrected chi connectivity index (χ0v) is 14.6. The molecule has 5 nitrogen and oxygen atoms in total. The summed E-state index contributed by atoms with van der Waals surface area (Å²) in [5.41, 5.74) is 7.91. The Balaban J connectivity index is 2.14. The monoisotopic (exact) mass is 340 g/mol. The van der Waals surface area contributed by atoms with Crippen molar-refractivity contribution in [2.24, 2.45) is 5.73 Å². The number of carbonyl (C=O) groups excluding carboxylic acids is 2. The van der Waals surface area contributed by atoms with Crippen molar-refractivity contribution < 1.29 is 14.3 Å². The van der Waals surface area contributed by atoms with E-state index in [1.54, 1.807) is 26.0 Å². The van der Waals surface area contributed by atoms with Crippen LogP contribution in [-0.2, 0) is 16.1 Å². The highest BCUT2D eigenvalue weighted by atomic mass is 16.5. The predicted molar refractivity (Wildman–Crippen MR) is 96.8 cm³/mol. The molecule has 1 atom stereocenters. The fourth-order valence-corrected chi connectivity index (χ4v) is 2.45. The van der Waals surface area contributed by atoms with Crippen LogP contribution in [0.15, 0.2) is 54.6 Å². The highest BCUT2D eigenvalue weighted by Gasteiger charge is 2.20. The summed E-state index contributed by atoms with van der Waals surface area (Å²) >= 11 is 0. The molecular formula is C20H24N2O3. The number of nitrogens with one attached hydrogen (secondary N) is 1. The Morgan fingerprint density at radius 2 is 1.68 bits per heavy atom. The zero-order valence-electron chi connectivity index (χ0n) is 14.6. The average molecular weight is 340 g/mol. The van der Waals surface area contributed by atoms with Gasteiger partial charge in [-0.1, -0.05) is 42.5 Å². The number of hydrogen-bond acceptors (Lipinski definition) is 4. The Hall–Kier alpha value is -2.66. The van der Waals surface area contributed by atoms with E-state index in [1.807, 2.05) is 42.5 Å². The normalized spacial score (nSPS) is 11.8. The van der Waals surface area contributed by atoms with Crippen LogP contribution in [-0.4, -0.2) is 18.0 Å². The van der Waals surface area contributed by atoms with E-state index in [0.29, 0.717) is 12.1 Å². The fourth-order valence-electron chi connectivity index (χ4n) is 2.45. The van der Waals surface area contributed by atoms with Crippen molar-refractivity contribution in [2.45, 2.75) is 39.0 Å². The van der Waals surface area contributed by atoms with Gasteiger partial charge in [0.25, 0.3) is 5.91 Å². The van der Waals surface area contributed by atoms with Gasteiger partial charge in [-0.15, -0.1) is 0 Å².